The van der Waals surface area contributed by atoms with Gasteiger partial charge in [-0.2, -0.15) is 0 Å². The fraction of sp³-hybridized carbons (Fsp3) is 0. The predicted molar refractivity (Wildman–Crippen MR) is 59.7 cm³/mol. The van der Waals surface area contributed by atoms with Crippen LogP contribution in [0.25, 0.3) is 0 Å². The molecule has 2 nitrogen and oxygen atoms in total. The Labute approximate surface area is 89.6 Å². The number of hydrogen-bond donors (Lipinski definition) is 0. The normalized spacial score (nSPS) is 10.4. The number of pyridine rings is 2. The van der Waals surface area contributed by atoms with Crippen LogP contribution in [0.5, 0.6) is 0 Å². The number of aromatic nitrogens is 2. The van der Waals surface area contributed by atoms with E-state index in [9.17, 15) is 0 Å². The van der Waals surface area contributed by atoms with Crippen molar-refractivity contribution >= 4 is 20.6 Å². The monoisotopic (exact) mass is 220 g/mol. The zero-order chi connectivity index (χ0) is 9.80. The molecule has 2 rings (SSSR count). The number of hydrogen-bond acceptors (Lipinski definition) is 3. The Bertz CT molecular complexity index is 387. The molecule has 0 fully saturated rings. The summed E-state index contributed by atoms with van der Waals surface area (Å²) in [4.78, 5) is 8.45. The van der Waals surface area contributed by atoms with Gasteiger partial charge in [-0.25, -0.2) is 9.97 Å². The minimum absolute atomic E-state index is 0.436. The highest BCUT2D eigenvalue weighted by atomic mass is 32.8. The molecule has 0 amide bonds. The van der Waals surface area contributed by atoms with Gasteiger partial charge in [0.1, 0.15) is 10.1 Å². The molecule has 2 aromatic heterocycles. The molecule has 0 aliphatic carbocycles. The first-order valence-electron chi connectivity index (χ1n) is 4.12. The molecule has 0 spiro atoms. The van der Waals surface area contributed by atoms with E-state index < -0.39 is 9.45 Å². The van der Waals surface area contributed by atoms with Crippen LogP contribution in [-0.2, 0) is 20.6 Å². The van der Waals surface area contributed by atoms with Crippen LogP contribution < -0.4 is 0 Å². The van der Waals surface area contributed by atoms with Gasteiger partial charge in [0, 0.05) is 12.4 Å². The quantitative estimate of drug-likeness (QED) is 0.774. The Hall–Kier alpha value is -1.13. The molecule has 0 atom stereocenters. The molecule has 0 N–H and O–H groups in total. The van der Waals surface area contributed by atoms with Crippen molar-refractivity contribution in [2.75, 3.05) is 0 Å². The second-order valence-corrected chi connectivity index (χ2v) is 4.98. The maximum atomic E-state index is 5.37. The molecule has 2 heterocycles. The molecule has 4 heteroatoms. The third-order valence-electron chi connectivity index (χ3n) is 1.66. The van der Waals surface area contributed by atoms with Crippen LogP contribution in [-0.4, -0.2) is 9.97 Å². The van der Waals surface area contributed by atoms with E-state index in [1.165, 1.54) is 0 Å². The van der Waals surface area contributed by atoms with E-state index in [4.69, 9.17) is 11.2 Å². The Morgan fingerprint density at radius 2 is 1.36 bits per heavy atom. The van der Waals surface area contributed by atoms with Gasteiger partial charge in [-0.3, -0.25) is 0 Å². The highest BCUT2D eigenvalue weighted by Crippen LogP contribution is 2.10. The first kappa shape index (κ1) is 9.43. The summed E-state index contributed by atoms with van der Waals surface area (Å²) in [5.74, 6) is 0. The lowest BCUT2D eigenvalue weighted by Gasteiger charge is -2.02. The van der Waals surface area contributed by atoms with E-state index in [1.807, 2.05) is 36.4 Å². The van der Waals surface area contributed by atoms with Gasteiger partial charge in [0.15, 0.2) is 0 Å². The van der Waals surface area contributed by atoms with Gasteiger partial charge in [-0.05, 0) is 44.9 Å². The SMILES string of the molecule is S=S(c1ccccn1)c1ccccn1. The van der Waals surface area contributed by atoms with E-state index in [-0.39, 0.29) is 0 Å². The van der Waals surface area contributed by atoms with Crippen LogP contribution in [0.15, 0.2) is 58.8 Å². The predicted octanol–water partition coefficient (Wildman–Crippen LogP) is 1.97. The summed E-state index contributed by atoms with van der Waals surface area (Å²) in [6, 6.07) is 11.5. The molecular formula is C10H8N2S2. The molecule has 0 aliphatic heterocycles. The van der Waals surface area contributed by atoms with Crippen molar-refractivity contribution in [2.45, 2.75) is 10.1 Å². The first-order chi connectivity index (χ1) is 6.88. The van der Waals surface area contributed by atoms with Crippen molar-refractivity contribution < 1.29 is 0 Å². The van der Waals surface area contributed by atoms with Crippen LogP contribution in [0.4, 0.5) is 0 Å². The third kappa shape index (κ3) is 2.02. The fourth-order valence-corrected chi connectivity index (χ4v) is 2.54. The van der Waals surface area contributed by atoms with Gasteiger partial charge in [-0.15, -0.1) is 0 Å². The van der Waals surface area contributed by atoms with Crippen molar-refractivity contribution in [1.82, 2.24) is 9.97 Å². The van der Waals surface area contributed by atoms with E-state index >= 15 is 0 Å². The van der Waals surface area contributed by atoms with Crippen LogP contribution in [0, 0.1) is 0 Å². The van der Waals surface area contributed by atoms with Crippen molar-refractivity contribution in [3.05, 3.63) is 48.8 Å². The lowest BCUT2D eigenvalue weighted by Crippen LogP contribution is -1.95. The molecule has 0 unspecified atom stereocenters. The van der Waals surface area contributed by atoms with Crippen molar-refractivity contribution in [2.24, 2.45) is 0 Å². The topological polar surface area (TPSA) is 25.8 Å². The minimum Gasteiger partial charge on any atom is -0.249 e. The van der Waals surface area contributed by atoms with E-state index in [0.29, 0.717) is 0 Å². The van der Waals surface area contributed by atoms with Crippen LogP contribution >= 0.6 is 0 Å². The maximum absolute atomic E-state index is 5.37. The van der Waals surface area contributed by atoms with Gasteiger partial charge >= 0.3 is 0 Å². The molecule has 0 radical (unpaired) electrons. The molecule has 0 aliphatic rings. The van der Waals surface area contributed by atoms with Gasteiger partial charge in [0.2, 0.25) is 0 Å². The van der Waals surface area contributed by atoms with Crippen LogP contribution in [0.3, 0.4) is 0 Å². The van der Waals surface area contributed by atoms with Gasteiger partial charge in [-0.1, -0.05) is 12.1 Å². The van der Waals surface area contributed by atoms with Crippen molar-refractivity contribution in [1.29, 1.82) is 0 Å². The Kier molecular flexibility index (Phi) is 2.96. The summed E-state index contributed by atoms with van der Waals surface area (Å²) in [6.45, 7) is 0. The highest BCUT2D eigenvalue weighted by Gasteiger charge is 2.03. The second kappa shape index (κ2) is 4.39. The summed E-state index contributed by atoms with van der Waals surface area (Å²) >= 11 is 5.37. The van der Waals surface area contributed by atoms with E-state index in [0.717, 1.165) is 10.1 Å². The van der Waals surface area contributed by atoms with Crippen molar-refractivity contribution in [3.63, 3.8) is 0 Å². The zero-order valence-electron chi connectivity index (χ0n) is 7.33. The summed E-state index contributed by atoms with van der Waals surface area (Å²) in [7, 11) is -0.436. The Balaban J connectivity index is 2.35. The zero-order valence-corrected chi connectivity index (χ0v) is 8.96. The van der Waals surface area contributed by atoms with Crippen LogP contribution in [0.1, 0.15) is 0 Å². The average molecular weight is 220 g/mol. The summed E-state index contributed by atoms with van der Waals surface area (Å²) in [6.07, 6.45) is 3.51. The standard InChI is InChI=1S/C10H8N2S2/c13-14(9-5-1-3-7-11-9)10-6-2-4-8-12-10/h1-8H. The maximum Gasteiger partial charge on any atom is 0.106 e. The summed E-state index contributed by atoms with van der Waals surface area (Å²) in [5.41, 5.74) is 0. The minimum atomic E-state index is -0.436. The second-order valence-electron chi connectivity index (χ2n) is 2.60. The molecule has 0 aromatic carbocycles. The number of rotatable bonds is 2. The smallest absolute Gasteiger partial charge is 0.106 e. The van der Waals surface area contributed by atoms with Crippen LogP contribution in [0.2, 0.25) is 0 Å². The molecule has 70 valence electrons. The third-order valence-corrected chi connectivity index (χ3v) is 3.92. The van der Waals surface area contributed by atoms with E-state index in [2.05, 4.69) is 9.97 Å². The Morgan fingerprint density at radius 3 is 1.71 bits per heavy atom. The van der Waals surface area contributed by atoms with Gasteiger partial charge in [0.05, 0.1) is 0 Å². The fourth-order valence-electron chi connectivity index (χ4n) is 1.02. The molecule has 0 saturated heterocycles. The highest BCUT2D eigenvalue weighted by molar-refractivity contribution is 8.28. The van der Waals surface area contributed by atoms with Gasteiger partial charge < -0.3 is 0 Å². The molecule has 0 saturated carbocycles. The largest absolute Gasteiger partial charge is 0.249 e. The van der Waals surface area contributed by atoms with Gasteiger partial charge in [0.25, 0.3) is 0 Å². The molecule has 14 heavy (non-hydrogen) atoms. The summed E-state index contributed by atoms with van der Waals surface area (Å²) in [5, 5.41) is 1.81. The molecule has 2 aromatic rings. The summed E-state index contributed by atoms with van der Waals surface area (Å²) < 4.78 is 0. The average Bonchev–Trinajstić information content (AvgIpc) is 2.30. The lowest BCUT2D eigenvalue weighted by atomic mass is 10.5. The lowest BCUT2D eigenvalue weighted by molar-refractivity contribution is 1.09. The number of nitrogens with zero attached hydrogens (tertiary/aromatic N) is 2. The Morgan fingerprint density at radius 1 is 0.857 bits per heavy atom. The molecular weight excluding hydrogens is 212 g/mol. The first-order valence-corrected chi connectivity index (χ1v) is 6.27. The van der Waals surface area contributed by atoms with E-state index in [1.54, 1.807) is 12.4 Å². The molecule has 0 bridgehead atoms. The van der Waals surface area contributed by atoms with Crippen molar-refractivity contribution in [3.8, 4) is 0 Å².